The van der Waals surface area contributed by atoms with Crippen LogP contribution in [0.5, 0.6) is 0 Å². The van der Waals surface area contributed by atoms with Crippen LogP contribution in [-0.2, 0) is 39.8 Å². The van der Waals surface area contributed by atoms with Gasteiger partial charge in [0.25, 0.3) is 0 Å². The Morgan fingerprint density at radius 2 is 0.979 bits per heavy atom. The number of nitrogen functional groups attached to an aromatic ring is 1. The minimum Gasteiger partial charge on any atom is -0.453 e. The topological polar surface area (TPSA) is 256 Å². The summed E-state index contributed by atoms with van der Waals surface area (Å²) in [6.45, 7) is 9.72. The van der Waals surface area contributed by atoms with E-state index in [1.807, 2.05) is 76.5 Å². The first-order valence-corrected chi connectivity index (χ1v) is 33.3. The standard InChI is InChI=1S/C23H29N3O.C17H23N3O3.C13H19N3O2.C8H13NO3.C5H6N2.C4H5ClO.CH4/c27-23(21-11-12-21)26(22-10-4-5-14-24-22)18-20-9-6-15-25(17-20)16-13-19-7-2-1-3-8-19;1-23-17(22)19-10-4-5-13(11-19)12-20(16(21)14-7-8-14)15-6-2-3-9-18-15;1-18-13(17)16-8-4-5-11(10-16)9-15-12-6-2-3-7-14-12;1-12-8(11)9-4-2-3-7(5-9)6-10;6-5-3-1-2-4-7-5;5-4(6)3-1-2-3;/h1-5,7-8,10,14,20-21H,6,9,11-13,15-18H2;2-3,6,9,13-14H,4-5,7-8,10-12H2,1H3;2-3,6-7,11H,4-5,8-10H2,1H3,(H,14,15);6-7H,2-5H2,1H3;1-4H,(H2,6,7);3H,1-2H2;1H4. The van der Waals surface area contributed by atoms with Crippen LogP contribution in [-0.4, -0.2) is 181 Å². The SMILES string of the molecule is C.COC(=O)N1CCCC(C=O)C1.COC(=O)N1CCCC(CN(C(=O)C2CC2)c2ccccn2)C1.COC(=O)N1CCCC(CNc2ccccn2)C1.Nc1ccccn1.O=C(C1CC1)N(CC1CCCN(CCc2ccccc2)C1)c1ccccn1.O=C(Cl)C1CC1. The molecule has 0 spiro atoms. The second kappa shape index (κ2) is 40.8. The van der Waals surface area contributed by atoms with E-state index < -0.39 is 0 Å². The Labute approximate surface area is 560 Å². The van der Waals surface area contributed by atoms with E-state index in [-0.39, 0.29) is 72.4 Å². The smallest absolute Gasteiger partial charge is 0.409 e. The number of aldehydes is 1. The third kappa shape index (κ3) is 26.6. The molecule has 0 radical (unpaired) electrons. The number of aromatic nitrogens is 4. The van der Waals surface area contributed by atoms with Gasteiger partial charge in [0, 0.05) is 120 Å². The lowest BCUT2D eigenvalue weighted by Crippen LogP contribution is -2.45. The van der Waals surface area contributed by atoms with Gasteiger partial charge in [0.05, 0.1) is 21.3 Å². The number of hydrogen-bond donors (Lipinski definition) is 2. The molecule has 5 aromatic rings. The lowest BCUT2D eigenvalue weighted by Gasteiger charge is -2.35. The molecule has 22 nitrogen and oxygen atoms in total. The Morgan fingerprint density at radius 3 is 1.40 bits per heavy atom. The molecule has 4 atom stereocenters. The van der Waals surface area contributed by atoms with Crippen LogP contribution in [0.3, 0.4) is 0 Å². The normalized spacial score (nSPS) is 19.6. The van der Waals surface area contributed by atoms with Crippen molar-refractivity contribution < 1.29 is 47.8 Å². The fraction of sp³-hybridized carbons (Fsp3) is 0.535. The Balaban J connectivity index is 0.000000190. The van der Waals surface area contributed by atoms with Crippen molar-refractivity contribution >= 4 is 76.5 Å². The second-order valence-corrected chi connectivity index (χ2v) is 25.0. The van der Waals surface area contributed by atoms with Gasteiger partial charge in [0.2, 0.25) is 17.1 Å². The van der Waals surface area contributed by atoms with Gasteiger partial charge in [-0.2, -0.15) is 0 Å². The highest BCUT2D eigenvalue weighted by Gasteiger charge is 2.38. The van der Waals surface area contributed by atoms with Gasteiger partial charge in [-0.05, 0) is 186 Å². The molecule has 5 amide bonds. The minimum atomic E-state index is -0.332. The van der Waals surface area contributed by atoms with Crippen molar-refractivity contribution in [3.8, 4) is 0 Å². The fourth-order valence-electron chi connectivity index (χ4n) is 11.5. The molecule has 8 heterocycles. The number of pyridine rings is 4. The maximum atomic E-state index is 12.8. The number of rotatable bonds is 16. The Morgan fingerprint density at radius 1 is 0.532 bits per heavy atom. The minimum absolute atomic E-state index is 0. The summed E-state index contributed by atoms with van der Waals surface area (Å²) in [7, 11) is 4.19. The van der Waals surface area contributed by atoms with Crippen molar-refractivity contribution in [1.29, 1.82) is 0 Å². The number of hydrogen-bond acceptors (Lipinski definition) is 17. The van der Waals surface area contributed by atoms with Crippen molar-refractivity contribution in [2.75, 3.05) is 121 Å². The summed E-state index contributed by atoms with van der Waals surface area (Å²) in [5, 5.41) is 3.14. The molecule has 4 aromatic heterocycles. The van der Waals surface area contributed by atoms with E-state index in [1.54, 1.807) is 45.6 Å². The van der Waals surface area contributed by atoms with Crippen molar-refractivity contribution in [3.63, 3.8) is 0 Å². The van der Waals surface area contributed by atoms with Crippen LogP contribution < -0.4 is 20.9 Å². The molecule has 3 saturated carbocycles. The highest BCUT2D eigenvalue weighted by Crippen LogP contribution is 2.35. The van der Waals surface area contributed by atoms with E-state index in [0.29, 0.717) is 49.7 Å². The van der Waals surface area contributed by atoms with Gasteiger partial charge < -0.3 is 49.7 Å². The highest BCUT2D eigenvalue weighted by molar-refractivity contribution is 6.64. The summed E-state index contributed by atoms with van der Waals surface area (Å²) in [5.41, 5.74) is 6.65. The van der Waals surface area contributed by atoms with Crippen LogP contribution in [0.25, 0.3) is 0 Å². The number of piperidine rings is 4. The summed E-state index contributed by atoms with van der Waals surface area (Å²) in [4.78, 5) is 108. The zero-order valence-corrected chi connectivity index (χ0v) is 55.1. The molecule has 4 aliphatic heterocycles. The van der Waals surface area contributed by atoms with Gasteiger partial charge in [0.1, 0.15) is 29.6 Å². The molecule has 94 heavy (non-hydrogen) atoms. The van der Waals surface area contributed by atoms with E-state index in [4.69, 9.17) is 26.8 Å². The number of likely N-dealkylation sites (tertiary alicyclic amines) is 4. The number of amides is 5. The molecule has 3 aliphatic carbocycles. The number of benzene rings is 1. The molecule has 3 N–H and O–H groups in total. The Kier molecular flexibility index (Phi) is 32.4. The van der Waals surface area contributed by atoms with E-state index in [9.17, 15) is 33.6 Å². The van der Waals surface area contributed by atoms with Crippen molar-refractivity contribution in [2.45, 2.75) is 104 Å². The molecule has 510 valence electrons. The summed E-state index contributed by atoms with van der Waals surface area (Å²) in [6.07, 6.45) is 22.4. The number of nitrogens with two attached hydrogens (primary N) is 1. The highest BCUT2D eigenvalue weighted by atomic mass is 35.5. The van der Waals surface area contributed by atoms with Crippen LogP contribution in [0.2, 0.25) is 0 Å². The first kappa shape index (κ1) is 74.8. The lowest BCUT2D eigenvalue weighted by atomic mass is 9.96. The predicted molar refractivity (Wildman–Crippen MR) is 366 cm³/mol. The third-order valence-corrected chi connectivity index (χ3v) is 17.4. The number of carbonyl (C=O) groups is 7. The van der Waals surface area contributed by atoms with E-state index in [1.165, 1.54) is 46.3 Å². The number of carbonyl (C=O) groups excluding carboxylic acids is 7. The van der Waals surface area contributed by atoms with E-state index in [2.05, 4.69) is 65.2 Å². The number of anilines is 4. The van der Waals surface area contributed by atoms with Crippen molar-refractivity contribution in [2.24, 2.45) is 41.4 Å². The summed E-state index contributed by atoms with van der Waals surface area (Å²) < 4.78 is 14.1. The second-order valence-electron chi connectivity index (χ2n) is 24.6. The number of methoxy groups -OCH3 is 3. The predicted octanol–water partition coefficient (Wildman–Crippen LogP) is 11.2. The summed E-state index contributed by atoms with van der Waals surface area (Å²) in [6, 6.07) is 33.4. The lowest BCUT2D eigenvalue weighted by molar-refractivity contribution is -0.120. The molecule has 23 heteroatoms. The Hall–Kier alpha value is -8.24. The molecular formula is C71H99ClN12O10. The van der Waals surface area contributed by atoms with Gasteiger partial charge >= 0.3 is 18.3 Å². The van der Waals surface area contributed by atoms with Gasteiger partial charge in [-0.15, -0.1) is 0 Å². The fourth-order valence-corrected chi connectivity index (χ4v) is 11.7. The van der Waals surface area contributed by atoms with Crippen LogP contribution in [0.4, 0.5) is 37.7 Å². The molecule has 0 bridgehead atoms. The van der Waals surface area contributed by atoms with Crippen LogP contribution >= 0.6 is 11.6 Å². The number of nitrogens with one attached hydrogen (secondary N) is 1. The molecular weight excluding hydrogens is 1220 g/mol. The van der Waals surface area contributed by atoms with E-state index in [0.717, 1.165) is 147 Å². The summed E-state index contributed by atoms with van der Waals surface area (Å²) in [5.74, 6) is 5.26. The number of nitrogens with zero attached hydrogens (tertiary/aromatic N) is 10. The van der Waals surface area contributed by atoms with Crippen molar-refractivity contribution in [3.05, 3.63) is 133 Å². The van der Waals surface area contributed by atoms with Crippen molar-refractivity contribution in [1.82, 2.24) is 39.5 Å². The Bertz CT molecular complexity index is 3030. The van der Waals surface area contributed by atoms with Gasteiger partial charge in [0.15, 0.2) is 0 Å². The number of halogens is 1. The molecule has 4 saturated heterocycles. The zero-order valence-electron chi connectivity index (χ0n) is 54.3. The van der Waals surface area contributed by atoms with Crippen LogP contribution in [0, 0.1) is 41.4 Å². The third-order valence-electron chi connectivity index (χ3n) is 17.1. The maximum Gasteiger partial charge on any atom is 0.409 e. The van der Waals surface area contributed by atoms with Crippen LogP contribution in [0.1, 0.15) is 103 Å². The quantitative estimate of drug-likeness (QED) is 0.0529. The zero-order chi connectivity index (χ0) is 66.2. The maximum absolute atomic E-state index is 12.8. The molecule has 4 unspecified atom stereocenters. The van der Waals surface area contributed by atoms with Crippen LogP contribution in [0.15, 0.2) is 128 Å². The molecule has 7 fully saturated rings. The summed E-state index contributed by atoms with van der Waals surface area (Å²) >= 11 is 5.04. The largest absolute Gasteiger partial charge is 0.453 e. The van der Waals surface area contributed by atoms with Gasteiger partial charge in [-0.3, -0.25) is 24.2 Å². The molecule has 12 rings (SSSR count). The average Bonchev–Trinajstić information content (AvgIpc) is 2.14. The molecule has 7 aliphatic rings. The molecule has 1 aromatic carbocycles. The number of ether oxygens (including phenoxy) is 3. The first-order chi connectivity index (χ1) is 45.2. The first-order valence-electron chi connectivity index (χ1n) is 32.9. The van der Waals surface area contributed by atoms with Gasteiger partial charge in [-0.1, -0.05) is 62.0 Å². The van der Waals surface area contributed by atoms with E-state index >= 15 is 0 Å². The monoisotopic (exact) mass is 1310 g/mol. The average molecular weight is 1320 g/mol. The van der Waals surface area contributed by atoms with Gasteiger partial charge in [-0.25, -0.2) is 34.3 Å².